The van der Waals surface area contributed by atoms with Crippen molar-refractivity contribution in [3.05, 3.63) is 70.5 Å². The van der Waals surface area contributed by atoms with Gasteiger partial charge in [-0.3, -0.25) is 15.0 Å². The van der Waals surface area contributed by atoms with Crippen molar-refractivity contribution >= 4 is 23.4 Å². The summed E-state index contributed by atoms with van der Waals surface area (Å²) in [6, 6.07) is 11.3. The van der Waals surface area contributed by atoms with Crippen LogP contribution in [0.4, 0.5) is 4.39 Å². The lowest BCUT2D eigenvalue weighted by Crippen LogP contribution is -2.46. The SMILES string of the molecule is O=C(NNC(C(=O)NC1CC1)c1ccc(F)cc1)c1ccc(Cl)cc1. The Balaban J connectivity index is 1.70. The molecule has 1 aliphatic carbocycles. The zero-order valence-electron chi connectivity index (χ0n) is 13.3. The highest BCUT2D eigenvalue weighted by Crippen LogP contribution is 2.21. The molecular formula is C18H17ClFN3O2. The van der Waals surface area contributed by atoms with Gasteiger partial charge in [-0.25, -0.2) is 9.82 Å². The fraction of sp³-hybridized carbons (Fsp3) is 0.222. The van der Waals surface area contributed by atoms with E-state index in [9.17, 15) is 14.0 Å². The van der Waals surface area contributed by atoms with Crippen molar-refractivity contribution in [1.82, 2.24) is 16.2 Å². The van der Waals surface area contributed by atoms with Gasteiger partial charge in [-0.2, -0.15) is 0 Å². The second-order valence-corrected chi connectivity index (χ2v) is 6.31. The number of halogens is 2. The molecule has 0 spiro atoms. The van der Waals surface area contributed by atoms with Crippen LogP contribution >= 0.6 is 11.6 Å². The third kappa shape index (κ3) is 4.78. The molecule has 0 saturated heterocycles. The minimum absolute atomic E-state index is 0.171. The van der Waals surface area contributed by atoms with Gasteiger partial charge in [-0.1, -0.05) is 23.7 Å². The molecule has 2 aromatic carbocycles. The number of rotatable bonds is 6. The van der Waals surface area contributed by atoms with Crippen molar-refractivity contribution in [3.8, 4) is 0 Å². The number of hydrazine groups is 1. The van der Waals surface area contributed by atoms with Crippen molar-refractivity contribution in [3.63, 3.8) is 0 Å². The van der Waals surface area contributed by atoms with Gasteiger partial charge >= 0.3 is 0 Å². The Morgan fingerprint density at radius 2 is 1.68 bits per heavy atom. The Bertz CT molecular complexity index is 761. The van der Waals surface area contributed by atoms with Crippen LogP contribution in [0.25, 0.3) is 0 Å². The topological polar surface area (TPSA) is 70.2 Å². The van der Waals surface area contributed by atoms with Crippen molar-refractivity contribution in [2.45, 2.75) is 24.9 Å². The zero-order chi connectivity index (χ0) is 17.8. The van der Waals surface area contributed by atoms with Crippen LogP contribution in [0.2, 0.25) is 5.02 Å². The standard InChI is InChI=1S/C18H17ClFN3O2/c19-13-5-1-12(2-6-13)17(24)23-22-16(18(25)21-15-9-10-15)11-3-7-14(20)8-4-11/h1-8,15-16,22H,9-10H2,(H,21,25)(H,23,24). The first-order chi connectivity index (χ1) is 12.0. The molecular weight excluding hydrogens is 345 g/mol. The van der Waals surface area contributed by atoms with E-state index in [0.717, 1.165) is 12.8 Å². The molecule has 1 saturated carbocycles. The molecule has 130 valence electrons. The first-order valence-corrected chi connectivity index (χ1v) is 8.28. The van der Waals surface area contributed by atoms with Gasteiger partial charge < -0.3 is 5.32 Å². The summed E-state index contributed by atoms with van der Waals surface area (Å²) < 4.78 is 13.1. The second kappa shape index (κ2) is 7.63. The smallest absolute Gasteiger partial charge is 0.265 e. The van der Waals surface area contributed by atoms with Crippen LogP contribution in [-0.4, -0.2) is 17.9 Å². The molecule has 3 rings (SSSR count). The lowest BCUT2D eigenvalue weighted by atomic mass is 10.1. The summed E-state index contributed by atoms with van der Waals surface area (Å²) in [4.78, 5) is 24.6. The predicted molar refractivity (Wildman–Crippen MR) is 92.4 cm³/mol. The van der Waals surface area contributed by atoms with Gasteiger partial charge in [-0.05, 0) is 54.8 Å². The summed E-state index contributed by atoms with van der Waals surface area (Å²) in [7, 11) is 0. The fourth-order valence-electron chi connectivity index (χ4n) is 2.28. The van der Waals surface area contributed by atoms with Crippen molar-refractivity contribution in [2.24, 2.45) is 0 Å². The van der Waals surface area contributed by atoms with E-state index in [-0.39, 0.29) is 11.9 Å². The van der Waals surface area contributed by atoms with Crippen LogP contribution in [0, 0.1) is 5.82 Å². The van der Waals surface area contributed by atoms with Crippen LogP contribution in [0.15, 0.2) is 48.5 Å². The van der Waals surface area contributed by atoms with E-state index < -0.39 is 17.8 Å². The summed E-state index contributed by atoms with van der Waals surface area (Å²) in [5, 5.41) is 3.40. The summed E-state index contributed by atoms with van der Waals surface area (Å²) in [5.74, 6) is -1.07. The molecule has 1 aliphatic rings. The van der Waals surface area contributed by atoms with Gasteiger partial charge in [0.1, 0.15) is 11.9 Å². The molecule has 0 bridgehead atoms. The Kier molecular flexibility index (Phi) is 5.31. The monoisotopic (exact) mass is 361 g/mol. The normalized spacial score (nSPS) is 14.6. The van der Waals surface area contributed by atoms with Crippen molar-refractivity contribution in [2.75, 3.05) is 0 Å². The molecule has 0 aliphatic heterocycles. The summed E-state index contributed by atoms with van der Waals surface area (Å²) >= 11 is 5.80. The lowest BCUT2D eigenvalue weighted by molar-refractivity contribution is -0.123. The van der Waals surface area contributed by atoms with Gasteiger partial charge in [0.05, 0.1) is 0 Å². The van der Waals surface area contributed by atoms with E-state index in [1.807, 2.05) is 0 Å². The third-order valence-corrected chi connectivity index (χ3v) is 4.08. The van der Waals surface area contributed by atoms with E-state index in [0.29, 0.717) is 16.1 Å². The Labute approximate surface area is 149 Å². The first kappa shape index (κ1) is 17.4. The largest absolute Gasteiger partial charge is 0.352 e. The molecule has 3 N–H and O–H groups in total. The first-order valence-electron chi connectivity index (χ1n) is 7.90. The maximum absolute atomic E-state index is 13.1. The molecule has 2 aromatic rings. The van der Waals surface area contributed by atoms with Crippen molar-refractivity contribution in [1.29, 1.82) is 0 Å². The maximum Gasteiger partial charge on any atom is 0.265 e. The van der Waals surface area contributed by atoms with Gasteiger partial charge in [0.15, 0.2) is 0 Å². The number of carbonyl (C=O) groups excluding carboxylic acids is 2. The maximum atomic E-state index is 13.1. The van der Waals surface area contributed by atoms with Gasteiger partial charge in [0, 0.05) is 16.6 Å². The molecule has 1 fully saturated rings. The van der Waals surface area contributed by atoms with Gasteiger partial charge in [-0.15, -0.1) is 0 Å². The number of amides is 2. The number of benzene rings is 2. The Morgan fingerprint density at radius 3 is 2.28 bits per heavy atom. The van der Waals surface area contributed by atoms with Gasteiger partial charge in [0.2, 0.25) is 5.91 Å². The zero-order valence-corrected chi connectivity index (χ0v) is 14.0. The summed E-state index contributed by atoms with van der Waals surface area (Å²) in [6.07, 6.45) is 1.89. The predicted octanol–water partition coefficient (Wildman–Crippen LogP) is 2.73. The molecule has 1 unspecified atom stereocenters. The molecule has 5 nitrogen and oxygen atoms in total. The van der Waals surface area contributed by atoms with E-state index in [1.165, 1.54) is 24.3 Å². The Morgan fingerprint density at radius 1 is 1.04 bits per heavy atom. The molecule has 2 amide bonds. The number of carbonyl (C=O) groups is 2. The lowest BCUT2D eigenvalue weighted by Gasteiger charge is -2.19. The highest BCUT2D eigenvalue weighted by Gasteiger charge is 2.28. The van der Waals surface area contributed by atoms with E-state index in [1.54, 1.807) is 24.3 Å². The second-order valence-electron chi connectivity index (χ2n) is 5.87. The summed E-state index contributed by atoms with van der Waals surface area (Å²) in [6.45, 7) is 0. The molecule has 25 heavy (non-hydrogen) atoms. The number of nitrogens with one attached hydrogen (secondary N) is 3. The molecule has 0 aromatic heterocycles. The van der Waals surface area contributed by atoms with E-state index in [4.69, 9.17) is 11.6 Å². The van der Waals surface area contributed by atoms with Crippen LogP contribution in [0.3, 0.4) is 0 Å². The van der Waals surface area contributed by atoms with E-state index in [2.05, 4.69) is 16.2 Å². The molecule has 0 heterocycles. The quantitative estimate of drug-likeness (QED) is 0.693. The molecule has 1 atom stereocenters. The highest BCUT2D eigenvalue weighted by atomic mass is 35.5. The molecule has 7 heteroatoms. The average molecular weight is 362 g/mol. The van der Waals surface area contributed by atoms with Crippen LogP contribution in [-0.2, 0) is 4.79 Å². The minimum Gasteiger partial charge on any atom is -0.352 e. The highest BCUT2D eigenvalue weighted by molar-refractivity contribution is 6.30. The van der Waals surface area contributed by atoms with Crippen LogP contribution in [0.1, 0.15) is 34.8 Å². The van der Waals surface area contributed by atoms with E-state index >= 15 is 0 Å². The third-order valence-electron chi connectivity index (χ3n) is 3.83. The average Bonchev–Trinajstić information content (AvgIpc) is 3.41. The van der Waals surface area contributed by atoms with Crippen molar-refractivity contribution < 1.29 is 14.0 Å². The molecule has 0 radical (unpaired) electrons. The van der Waals surface area contributed by atoms with Crippen LogP contribution < -0.4 is 16.2 Å². The fourth-order valence-corrected chi connectivity index (χ4v) is 2.40. The number of hydrogen-bond donors (Lipinski definition) is 3. The van der Waals surface area contributed by atoms with Gasteiger partial charge in [0.25, 0.3) is 5.91 Å². The Hall–Kier alpha value is -2.44. The number of hydrogen-bond acceptors (Lipinski definition) is 3. The summed E-state index contributed by atoms with van der Waals surface area (Å²) in [5.41, 5.74) is 6.21. The minimum atomic E-state index is -0.822. The van der Waals surface area contributed by atoms with Crippen LogP contribution in [0.5, 0.6) is 0 Å².